The molecular weight excluding hydrogens is 473 g/mol. The second kappa shape index (κ2) is 9.21. The molecule has 0 aromatic heterocycles. The molecular formula is C27H17Cl2NO4. The van der Waals surface area contributed by atoms with E-state index >= 15 is 0 Å². The molecule has 0 aliphatic carbocycles. The van der Waals surface area contributed by atoms with Gasteiger partial charge in [-0.3, -0.25) is 0 Å². The predicted molar refractivity (Wildman–Crippen MR) is 132 cm³/mol. The van der Waals surface area contributed by atoms with Crippen LogP contribution in [-0.4, -0.2) is 11.9 Å². The molecule has 0 unspecified atom stereocenters. The lowest BCUT2D eigenvalue weighted by atomic mass is 9.94. The molecule has 0 spiro atoms. The fourth-order valence-corrected chi connectivity index (χ4v) is 4.21. The van der Waals surface area contributed by atoms with Crippen LogP contribution in [0.4, 0.5) is 5.69 Å². The lowest BCUT2D eigenvalue weighted by Crippen LogP contribution is -2.15. The van der Waals surface area contributed by atoms with Crippen molar-refractivity contribution in [2.24, 2.45) is 0 Å². The zero-order valence-corrected chi connectivity index (χ0v) is 19.2. The molecule has 0 amide bonds. The maximum absolute atomic E-state index is 12.9. The Morgan fingerprint density at radius 1 is 0.676 bits per heavy atom. The third-order valence-electron chi connectivity index (χ3n) is 5.45. The summed E-state index contributed by atoms with van der Waals surface area (Å²) in [5.41, 5.74) is 4.06. The third-order valence-corrected chi connectivity index (χ3v) is 6.11. The summed E-state index contributed by atoms with van der Waals surface area (Å²) in [5.74, 6) is -1.13. The van der Waals surface area contributed by atoms with E-state index in [1.807, 2.05) is 24.3 Å². The highest BCUT2D eigenvalue weighted by Crippen LogP contribution is 2.42. The fourth-order valence-electron chi connectivity index (χ4n) is 3.78. The van der Waals surface area contributed by atoms with Crippen molar-refractivity contribution in [1.29, 1.82) is 0 Å². The molecule has 5 rings (SSSR count). The van der Waals surface area contributed by atoms with Crippen LogP contribution in [0.5, 0.6) is 11.5 Å². The fraction of sp³-hybridized carbons (Fsp3) is 0.0370. The van der Waals surface area contributed by atoms with Crippen molar-refractivity contribution in [2.75, 3.05) is 5.32 Å². The SMILES string of the molecule is O=C(Oc1cc2c(cc1OC(=O)c1ccccc1Cl)-c1ccccc1NC2)c1ccccc1Cl. The van der Waals surface area contributed by atoms with Crippen LogP contribution in [0.25, 0.3) is 11.1 Å². The first-order valence-electron chi connectivity index (χ1n) is 10.4. The maximum Gasteiger partial charge on any atom is 0.345 e. The normalized spacial score (nSPS) is 11.6. The van der Waals surface area contributed by atoms with Crippen LogP contribution in [0.2, 0.25) is 10.0 Å². The molecule has 4 aromatic rings. The van der Waals surface area contributed by atoms with Gasteiger partial charge in [-0.1, -0.05) is 65.7 Å². The Balaban J connectivity index is 1.57. The molecule has 34 heavy (non-hydrogen) atoms. The highest BCUT2D eigenvalue weighted by Gasteiger charge is 2.24. The van der Waals surface area contributed by atoms with Gasteiger partial charge in [0.2, 0.25) is 0 Å². The van der Waals surface area contributed by atoms with Gasteiger partial charge in [0.05, 0.1) is 21.2 Å². The van der Waals surface area contributed by atoms with E-state index in [1.54, 1.807) is 60.7 Å². The minimum Gasteiger partial charge on any atom is -0.419 e. The average molecular weight is 490 g/mol. The number of carbonyl (C=O) groups excluding carboxylic acids is 2. The molecule has 7 heteroatoms. The van der Waals surface area contributed by atoms with Crippen LogP contribution in [0, 0.1) is 0 Å². The zero-order valence-electron chi connectivity index (χ0n) is 17.7. The predicted octanol–water partition coefficient (Wildman–Crippen LogP) is 7.02. The van der Waals surface area contributed by atoms with Crippen molar-refractivity contribution in [3.05, 3.63) is 112 Å². The van der Waals surface area contributed by atoms with Gasteiger partial charge < -0.3 is 14.8 Å². The van der Waals surface area contributed by atoms with Gasteiger partial charge in [-0.15, -0.1) is 0 Å². The Labute approximate surface area is 205 Å². The molecule has 5 nitrogen and oxygen atoms in total. The molecule has 0 radical (unpaired) electrons. The number of hydrogen-bond donors (Lipinski definition) is 1. The van der Waals surface area contributed by atoms with Gasteiger partial charge in [-0.2, -0.15) is 0 Å². The van der Waals surface area contributed by atoms with Gasteiger partial charge in [-0.25, -0.2) is 9.59 Å². The molecule has 1 heterocycles. The van der Waals surface area contributed by atoms with E-state index in [0.717, 1.165) is 22.4 Å². The highest BCUT2D eigenvalue weighted by molar-refractivity contribution is 6.34. The van der Waals surface area contributed by atoms with Crippen LogP contribution in [0.15, 0.2) is 84.9 Å². The molecule has 0 bridgehead atoms. The first-order valence-corrected chi connectivity index (χ1v) is 11.2. The van der Waals surface area contributed by atoms with Crippen LogP contribution < -0.4 is 14.8 Å². The summed E-state index contributed by atoms with van der Waals surface area (Å²) < 4.78 is 11.4. The summed E-state index contributed by atoms with van der Waals surface area (Å²) >= 11 is 12.3. The molecule has 0 saturated heterocycles. The van der Waals surface area contributed by atoms with Gasteiger partial charge in [0, 0.05) is 17.8 Å². The molecule has 0 saturated carbocycles. The van der Waals surface area contributed by atoms with Crippen LogP contribution >= 0.6 is 23.2 Å². The number of para-hydroxylation sites is 1. The second-order valence-electron chi connectivity index (χ2n) is 7.59. The lowest BCUT2D eigenvalue weighted by molar-refractivity contribution is 0.0682. The van der Waals surface area contributed by atoms with Gasteiger partial charge >= 0.3 is 11.9 Å². The van der Waals surface area contributed by atoms with E-state index in [-0.39, 0.29) is 32.7 Å². The molecule has 0 fully saturated rings. The number of rotatable bonds is 4. The maximum atomic E-state index is 12.9. The molecule has 4 aromatic carbocycles. The first-order chi connectivity index (χ1) is 16.5. The molecule has 1 aliphatic rings. The number of carbonyl (C=O) groups is 2. The summed E-state index contributed by atoms with van der Waals surface area (Å²) in [4.78, 5) is 25.8. The van der Waals surface area contributed by atoms with E-state index in [4.69, 9.17) is 32.7 Å². The first kappa shape index (κ1) is 22.0. The van der Waals surface area contributed by atoms with Crippen molar-refractivity contribution in [3.63, 3.8) is 0 Å². The highest BCUT2D eigenvalue weighted by atomic mass is 35.5. The lowest BCUT2D eigenvalue weighted by Gasteiger charge is -2.23. The Hall–Kier alpha value is -3.80. The van der Waals surface area contributed by atoms with Gasteiger partial charge in [0.25, 0.3) is 0 Å². The Morgan fingerprint density at radius 2 is 1.21 bits per heavy atom. The van der Waals surface area contributed by atoms with E-state index in [0.29, 0.717) is 6.54 Å². The topological polar surface area (TPSA) is 64.6 Å². The van der Waals surface area contributed by atoms with Crippen molar-refractivity contribution in [1.82, 2.24) is 0 Å². The van der Waals surface area contributed by atoms with E-state index in [1.165, 1.54) is 0 Å². The molecule has 1 N–H and O–H groups in total. The summed E-state index contributed by atoms with van der Waals surface area (Å²) in [6.45, 7) is 0.516. The minimum atomic E-state index is -0.664. The van der Waals surface area contributed by atoms with Gasteiger partial charge in [0.1, 0.15) is 0 Å². The van der Waals surface area contributed by atoms with Crippen LogP contribution in [0.1, 0.15) is 26.3 Å². The van der Waals surface area contributed by atoms with Gasteiger partial charge in [0.15, 0.2) is 11.5 Å². The Bertz CT molecular complexity index is 1430. The van der Waals surface area contributed by atoms with Crippen molar-refractivity contribution in [3.8, 4) is 22.6 Å². The summed E-state index contributed by atoms with van der Waals surface area (Å²) in [6, 6.07) is 24.4. The number of halogens is 2. The third kappa shape index (κ3) is 4.23. The summed E-state index contributed by atoms with van der Waals surface area (Å²) in [7, 11) is 0. The van der Waals surface area contributed by atoms with Crippen LogP contribution in [-0.2, 0) is 6.54 Å². The molecule has 0 atom stereocenters. The number of benzene rings is 4. The minimum absolute atomic E-state index is 0.0979. The van der Waals surface area contributed by atoms with Crippen molar-refractivity contribution < 1.29 is 19.1 Å². The largest absolute Gasteiger partial charge is 0.419 e. The number of nitrogens with one attached hydrogen (secondary N) is 1. The number of ether oxygens (including phenoxy) is 2. The zero-order chi connectivity index (χ0) is 23.7. The van der Waals surface area contributed by atoms with E-state index in [9.17, 15) is 9.59 Å². The number of esters is 2. The summed E-state index contributed by atoms with van der Waals surface area (Å²) in [6.07, 6.45) is 0. The quantitative estimate of drug-likeness (QED) is 0.246. The van der Waals surface area contributed by atoms with E-state index < -0.39 is 11.9 Å². The van der Waals surface area contributed by atoms with Gasteiger partial charge in [-0.05, 0) is 53.6 Å². The van der Waals surface area contributed by atoms with Crippen molar-refractivity contribution >= 4 is 40.8 Å². The number of hydrogen-bond acceptors (Lipinski definition) is 5. The summed E-state index contributed by atoms with van der Waals surface area (Å²) in [5, 5.41) is 3.87. The van der Waals surface area contributed by atoms with Crippen molar-refractivity contribution in [2.45, 2.75) is 6.54 Å². The molecule has 168 valence electrons. The average Bonchev–Trinajstić information content (AvgIpc) is 2.84. The Kier molecular flexibility index (Phi) is 5.97. The smallest absolute Gasteiger partial charge is 0.345 e. The Morgan fingerprint density at radius 3 is 1.82 bits per heavy atom. The monoisotopic (exact) mass is 489 g/mol. The van der Waals surface area contributed by atoms with E-state index in [2.05, 4.69) is 5.32 Å². The standard InChI is InChI=1S/C27H17Cl2NO4/c28-21-10-4-1-8-18(21)26(31)33-24-13-16-15-30-23-12-6-3-7-17(23)20(16)14-25(24)34-27(32)19-9-2-5-11-22(19)29/h1-14,30H,15H2. The second-order valence-corrected chi connectivity index (χ2v) is 8.41. The molecule has 1 aliphatic heterocycles. The van der Waals surface area contributed by atoms with Crippen LogP contribution in [0.3, 0.4) is 0 Å². The number of anilines is 1. The number of fused-ring (bicyclic) bond motifs is 3.